The van der Waals surface area contributed by atoms with E-state index in [0.717, 1.165) is 130 Å². The summed E-state index contributed by atoms with van der Waals surface area (Å²) in [7, 11) is 0. The number of benzene rings is 16. The first kappa shape index (κ1) is 77.0. The first-order valence-corrected chi connectivity index (χ1v) is 45.1. The van der Waals surface area contributed by atoms with Crippen molar-refractivity contribution in [2.75, 3.05) is 43.4 Å². The van der Waals surface area contributed by atoms with Crippen molar-refractivity contribution < 1.29 is 17.1 Å². The molecule has 2 aliphatic heterocycles. The molecule has 0 spiro atoms. The van der Waals surface area contributed by atoms with Gasteiger partial charge in [-0.1, -0.05) is 243 Å². The number of hydrogen-bond acceptors (Lipinski definition) is 14. The summed E-state index contributed by atoms with van der Waals surface area (Å²) in [5.74, 6) is 1.07. The molecule has 0 atom stereocenters. The molecular formula is C112H72CuN24. The third kappa shape index (κ3) is 11.9. The molecule has 1 radical (unpaired) electrons. The van der Waals surface area contributed by atoms with Gasteiger partial charge in [0.2, 0.25) is 0 Å². The minimum absolute atomic E-state index is 0. The van der Waals surface area contributed by atoms with Gasteiger partial charge < -0.3 is 29.9 Å². The molecule has 137 heavy (non-hydrogen) atoms. The van der Waals surface area contributed by atoms with Gasteiger partial charge in [-0.3, -0.25) is 80.8 Å². The molecule has 651 valence electrons. The molecule has 0 unspecified atom stereocenters. The Balaban J connectivity index is 0.00000927. The fourth-order valence-electron chi connectivity index (χ4n) is 20.8. The number of fused-ring (bicyclic) bond motifs is 32. The second-order valence-electron chi connectivity index (χ2n) is 34.5. The molecule has 8 N–H and O–H groups in total. The SMILES string of the molecule is [Cu+2].c1ccc2c(c1)ccn2Nc1c2c(c(Nn3ccc4ccccc43)c3ccccc13)-c1nc-2nc2[n-]c(nc3nc(nc4[n-]c(n1)c1c(Nn5ccc6ccccc65)c5ccccc5c(Nn5ccc6ccccc65)c41)-c1c-3c(Nn3ccc4ccccc43)c3ccccc3c1Nn1ccc3ccccc31)c1c(Nn3ccc4ccccc43)c3ccccc3c(Nn3ccc4ccccc43)c21. The molecule has 8 bridgehead atoms. The summed E-state index contributed by atoms with van der Waals surface area (Å²) in [5, 5.41) is 17.4. The quantitative estimate of drug-likeness (QED) is 0.0331. The fourth-order valence-corrected chi connectivity index (χ4v) is 20.8. The van der Waals surface area contributed by atoms with Gasteiger partial charge in [0.1, 0.15) is 0 Å². The van der Waals surface area contributed by atoms with E-state index < -0.39 is 0 Å². The average Bonchev–Trinajstić information content (AvgIpc) is 1.55. The third-order valence-corrected chi connectivity index (χ3v) is 27.0. The van der Waals surface area contributed by atoms with Gasteiger partial charge in [-0.25, -0.2) is 9.97 Å². The predicted octanol–water partition coefficient (Wildman–Crippen LogP) is 25.4. The number of rotatable bonds is 16. The summed E-state index contributed by atoms with van der Waals surface area (Å²) >= 11 is 0. The van der Waals surface area contributed by atoms with Gasteiger partial charge in [-0.2, -0.15) is 0 Å². The summed E-state index contributed by atoms with van der Waals surface area (Å²) < 4.78 is 16.6. The molecule has 0 amide bonds. The smallest absolute Gasteiger partial charge is 0.357 e. The zero-order valence-corrected chi connectivity index (χ0v) is 73.3. The van der Waals surface area contributed by atoms with Crippen molar-refractivity contribution in [3.05, 3.63) is 389 Å². The monoisotopic (exact) mass is 1820 g/mol. The van der Waals surface area contributed by atoms with Crippen LogP contribution < -0.4 is 53.4 Å². The molecule has 11 aromatic heterocycles. The number of hydrogen-bond donors (Lipinski definition) is 8. The molecule has 16 aromatic carbocycles. The van der Waals surface area contributed by atoms with Crippen LogP contribution in [0.5, 0.6) is 0 Å². The minimum atomic E-state index is 0. The molecule has 13 heterocycles. The second kappa shape index (κ2) is 30.1. The number of anilines is 8. The zero-order chi connectivity index (χ0) is 88.9. The van der Waals surface area contributed by atoms with Gasteiger partial charge >= 0.3 is 17.1 Å². The fraction of sp³-hybridized carbons (Fsp3) is 0. The minimum Gasteiger partial charge on any atom is -0.357 e. The molecule has 0 fully saturated rings. The Morgan fingerprint density at radius 3 is 0.482 bits per heavy atom. The van der Waals surface area contributed by atoms with E-state index in [0.29, 0.717) is 89.3 Å². The molecule has 24 nitrogen and oxygen atoms in total. The summed E-state index contributed by atoms with van der Waals surface area (Å²) in [5.41, 5.74) is 49.0. The van der Waals surface area contributed by atoms with E-state index in [2.05, 4.69) is 470 Å². The number of nitrogens with one attached hydrogen (secondary N) is 8. The molecule has 29 rings (SSSR count). The van der Waals surface area contributed by atoms with E-state index in [1.54, 1.807) is 0 Å². The maximum Gasteiger partial charge on any atom is 2.00 e. The van der Waals surface area contributed by atoms with Crippen LogP contribution in [-0.4, -0.2) is 67.3 Å². The second-order valence-corrected chi connectivity index (χ2v) is 34.5. The van der Waals surface area contributed by atoms with E-state index in [4.69, 9.17) is 39.9 Å². The number of para-hydroxylation sites is 8. The molecule has 2 aliphatic rings. The van der Waals surface area contributed by atoms with E-state index in [1.807, 2.05) is 0 Å². The van der Waals surface area contributed by atoms with Crippen molar-refractivity contribution in [2.24, 2.45) is 0 Å². The Hall–Kier alpha value is -18.8. The topological polar surface area (TPSA) is 241 Å². The van der Waals surface area contributed by atoms with Gasteiger partial charge in [0, 0.05) is 202 Å². The van der Waals surface area contributed by atoms with Crippen molar-refractivity contribution in [3.8, 4) is 45.6 Å². The van der Waals surface area contributed by atoms with Crippen LogP contribution in [0.3, 0.4) is 0 Å². The van der Waals surface area contributed by atoms with E-state index in [-0.39, 0.29) is 63.0 Å². The van der Waals surface area contributed by atoms with Gasteiger partial charge in [0.25, 0.3) is 0 Å². The summed E-state index contributed by atoms with van der Waals surface area (Å²) in [6, 6.07) is 118. The molecular weight excluding hydrogens is 1740 g/mol. The number of aromatic nitrogens is 16. The molecule has 27 aromatic rings. The van der Waals surface area contributed by atoms with Crippen LogP contribution >= 0.6 is 0 Å². The van der Waals surface area contributed by atoms with Gasteiger partial charge in [-0.15, -0.1) is 0 Å². The average molecular weight is 1820 g/mol. The normalized spacial score (nSPS) is 12.0. The summed E-state index contributed by atoms with van der Waals surface area (Å²) in [4.78, 5) is 49.4. The first-order chi connectivity index (χ1) is 67.4. The van der Waals surface area contributed by atoms with Crippen LogP contribution in [0, 0.1) is 0 Å². The Bertz CT molecular complexity index is 8860. The molecule has 0 aliphatic carbocycles. The zero-order valence-electron chi connectivity index (χ0n) is 72.4. The maximum absolute atomic E-state index is 6.26. The largest absolute Gasteiger partial charge is 2.00 e. The van der Waals surface area contributed by atoms with Crippen LogP contribution in [0.2, 0.25) is 0 Å². The van der Waals surface area contributed by atoms with Crippen molar-refractivity contribution in [1.82, 2.24) is 77.3 Å². The number of nitrogens with zero attached hydrogens (tertiary/aromatic N) is 16. The Morgan fingerprint density at radius 1 is 0.161 bits per heavy atom. The molecule has 25 heteroatoms. The van der Waals surface area contributed by atoms with Gasteiger partial charge in [-0.05, 0) is 97.1 Å². The van der Waals surface area contributed by atoms with Crippen molar-refractivity contribution in [3.63, 3.8) is 0 Å². The summed E-state index contributed by atoms with van der Waals surface area (Å²) in [6.07, 6.45) is 16.5. The van der Waals surface area contributed by atoms with Crippen molar-refractivity contribution in [1.29, 1.82) is 0 Å². The molecule has 0 saturated heterocycles. The van der Waals surface area contributed by atoms with Crippen LogP contribution in [0.25, 0.3) is 220 Å². The van der Waals surface area contributed by atoms with E-state index >= 15 is 0 Å². The van der Waals surface area contributed by atoms with Gasteiger partial charge in [0.15, 0.2) is 0 Å². The summed E-state index contributed by atoms with van der Waals surface area (Å²) in [6.45, 7) is 0. The van der Waals surface area contributed by atoms with Crippen LogP contribution in [0.4, 0.5) is 45.5 Å². The predicted molar refractivity (Wildman–Crippen MR) is 552 cm³/mol. The van der Waals surface area contributed by atoms with Crippen molar-refractivity contribution in [2.45, 2.75) is 0 Å². The van der Waals surface area contributed by atoms with Gasteiger partial charge in [0.05, 0.1) is 113 Å². The maximum atomic E-state index is 6.26. The Morgan fingerprint density at radius 2 is 0.307 bits per heavy atom. The Kier molecular flexibility index (Phi) is 16.9. The van der Waals surface area contributed by atoms with Crippen LogP contribution in [0.15, 0.2) is 389 Å². The van der Waals surface area contributed by atoms with Crippen LogP contribution in [-0.2, 0) is 17.1 Å². The molecule has 0 saturated carbocycles. The first-order valence-electron chi connectivity index (χ1n) is 45.1. The van der Waals surface area contributed by atoms with E-state index in [9.17, 15) is 0 Å². The Labute approximate surface area is 787 Å². The van der Waals surface area contributed by atoms with Crippen LogP contribution in [0.1, 0.15) is 0 Å². The third-order valence-electron chi connectivity index (χ3n) is 27.0. The standard InChI is InChI=1S/C112H72N24.Cu/c1-17-41-81-65(25-1)49-57-129(81)121-97-73-33-9-10-34-74(73)98(122-130-58-50-66-26-2-18-42-82(66)130)90-89(97)105-113-106(90)118-108-93-94(102(126-134-62-54-70-30-6-22-46-86(70)134)78-38-14-13-37-77(78)101(93)125-133-61-53-69-29-5-21-45-85(69)133)110(115-108)120-112-96-95(103(127-135-63-55-71-31-7-23-47-87(71)135)79-39-15-16-40-80(79)104(96)128-136-64-56-72-32-8-24-48-88(72)136)111(116-112)119-109-92-91(107(114-109)117-105)99(123-131-59-51-67-27-3-19-43-83(67)131)75-35-11-12-36-76(75)100(92)124-132-60-52-68-28-4-20-44-84(68)132;/h1-64,121-128H;/q-2;+2. The van der Waals surface area contributed by atoms with E-state index in [1.165, 1.54) is 0 Å². The van der Waals surface area contributed by atoms with Crippen molar-refractivity contribution >= 4 is 220 Å².